The standard InChI is InChI=1S/C21H18ClN3O2/c1-2-27-24-14-15-9-11-16(12-10-15)17-6-3-4-8-19(17)25-21(26)18-7-5-13-23-20(18)22/h3-14H,2H2,1H3,(H,25,26). The molecule has 2 aromatic carbocycles. The molecule has 27 heavy (non-hydrogen) atoms. The Balaban J connectivity index is 1.84. The number of halogens is 1. The smallest absolute Gasteiger partial charge is 0.258 e. The molecule has 1 amide bonds. The van der Waals surface area contributed by atoms with E-state index in [0.717, 1.165) is 16.7 Å². The van der Waals surface area contributed by atoms with Gasteiger partial charge in [-0.15, -0.1) is 0 Å². The van der Waals surface area contributed by atoms with Gasteiger partial charge in [-0.2, -0.15) is 0 Å². The summed E-state index contributed by atoms with van der Waals surface area (Å²) in [6.45, 7) is 2.41. The monoisotopic (exact) mass is 379 g/mol. The molecule has 5 nitrogen and oxygen atoms in total. The number of carbonyl (C=O) groups is 1. The van der Waals surface area contributed by atoms with Crippen molar-refractivity contribution in [3.05, 3.63) is 83.1 Å². The fraction of sp³-hybridized carbons (Fsp3) is 0.0952. The number of oxime groups is 1. The zero-order chi connectivity index (χ0) is 19.1. The van der Waals surface area contributed by atoms with E-state index in [1.807, 2.05) is 55.5 Å². The van der Waals surface area contributed by atoms with Crippen molar-refractivity contribution in [2.24, 2.45) is 5.16 Å². The predicted octanol–water partition coefficient (Wildman–Crippen LogP) is 5.02. The Hall–Kier alpha value is -3.18. The molecule has 0 aliphatic rings. The topological polar surface area (TPSA) is 63.6 Å². The summed E-state index contributed by atoms with van der Waals surface area (Å²) < 4.78 is 0. The van der Waals surface area contributed by atoms with E-state index in [1.165, 1.54) is 0 Å². The van der Waals surface area contributed by atoms with Gasteiger partial charge in [-0.3, -0.25) is 4.79 Å². The number of benzene rings is 2. The first-order valence-corrected chi connectivity index (χ1v) is 8.83. The second-order valence-electron chi connectivity index (χ2n) is 5.62. The minimum atomic E-state index is -0.305. The number of hydrogen-bond acceptors (Lipinski definition) is 4. The van der Waals surface area contributed by atoms with E-state index < -0.39 is 0 Å². The normalized spacial score (nSPS) is 10.7. The van der Waals surface area contributed by atoms with Crippen molar-refractivity contribution in [1.82, 2.24) is 4.98 Å². The van der Waals surface area contributed by atoms with Crippen LogP contribution in [0.4, 0.5) is 5.69 Å². The summed E-state index contributed by atoms with van der Waals surface area (Å²) in [5, 5.41) is 6.95. The summed E-state index contributed by atoms with van der Waals surface area (Å²) in [5.41, 5.74) is 3.82. The quantitative estimate of drug-likeness (QED) is 0.371. The molecule has 0 aliphatic carbocycles. The molecule has 1 N–H and O–H groups in total. The van der Waals surface area contributed by atoms with Crippen LogP contribution < -0.4 is 5.32 Å². The van der Waals surface area contributed by atoms with Crippen molar-refractivity contribution >= 4 is 29.4 Å². The molecule has 136 valence electrons. The molecule has 0 radical (unpaired) electrons. The molecule has 3 aromatic rings. The van der Waals surface area contributed by atoms with E-state index in [1.54, 1.807) is 24.5 Å². The van der Waals surface area contributed by atoms with Gasteiger partial charge in [-0.25, -0.2) is 4.98 Å². The molecular formula is C21H18ClN3O2. The first-order chi connectivity index (χ1) is 13.2. The Kier molecular flexibility index (Phi) is 6.18. The fourth-order valence-corrected chi connectivity index (χ4v) is 2.72. The summed E-state index contributed by atoms with van der Waals surface area (Å²) in [6.07, 6.45) is 3.20. The van der Waals surface area contributed by atoms with Gasteiger partial charge < -0.3 is 10.2 Å². The summed E-state index contributed by atoms with van der Waals surface area (Å²) >= 11 is 6.02. The average molecular weight is 380 g/mol. The predicted molar refractivity (Wildman–Crippen MR) is 108 cm³/mol. The zero-order valence-electron chi connectivity index (χ0n) is 14.7. The van der Waals surface area contributed by atoms with Gasteiger partial charge in [0.25, 0.3) is 5.91 Å². The van der Waals surface area contributed by atoms with Gasteiger partial charge >= 0.3 is 0 Å². The van der Waals surface area contributed by atoms with Gasteiger partial charge in [-0.1, -0.05) is 59.2 Å². The second-order valence-corrected chi connectivity index (χ2v) is 5.97. The maximum absolute atomic E-state index is 12.6. The summed E-state index contributed by atoms with van der Waals surface area (Å²) in [4.78, 5) is 21.5. The maximum atomic E-state index is 12.6. The Morgan fingerprint density at radius 2 is 1.93 bits per heavy atom. The number of pyridine rings is 1. The van der Waals surface area contributed by atoms with Gasteiger partial charge in [0.2, 0.25) is 0 Å². The highest BCUT2D eigenvalue weighted by Gasteiger charge is 2.13. The average Bonchev–Trinajstić information content (AvgIpc) is 2.69. The third-order valence-electron chi connectivity index (χ3n) is 3.81. The lowest BCUT2D eigenvalue weighted by Crippen LogP contribution is -2.13. The third kappa shape index (κ3) is 4.71. The molecule has 1 heterocycles. The van der Waals surface area contributed by atoms with Crippen molar-refractivity contribution < 1.29 is 9.63 Å². The van der Waals surface area contributed by atoms with E-state index in [4.69, 9.17) is 16.4 Å². The van der Waals surface area contributed by atoms with Crippen LogP contribution in [0.5, 0.6) is 0 Å². The third-order valence-corrected chi connectivity index (χ3v) is 4.11. The van der Waals surface area contributed by atoms with Crippen LogP contribution in [0, 0.1) is 0 Å². The highest BCUT2D eigenvalue weighted by atomic mass is 35.5. The lowest BCUT2D eigenvalue weighted by atomic mass is 10.0. The zero-order valence-corrected chi connectivity index (χ0v) is 15.5. The number of nitrogens with one attached hydrogen (secondary N) is 1. The largest absolute Gasteiger partial charge is 0.396 e. The van der Waals surface area contributed by atoms with Gasteiger partial charge in [0.1, 0.15) is 11.8 Å². The molecule has 0 saturated heterocycles. The molecule has 0 saturated carbocycles. The lowest BCUT2D eigenvalue weighted by Gasteiger charge is -2.12. The molecule has 0 fully saturated rings. The van der Waals surface area contributed by atoms with Crippen LogP contribution in [0.2, 0.25) is 5.15 Å². The van der Waals surface area contributed by atoms with Crippen molar-refractivity contribution in [2.45, 2.75) is 6.92 Å². The first kappa shape index (κ1) is 18.6. The van der Waals surface area contributed by atoms with E-state index in [2.05, 4.69) is 15.5 Å². The van der Waals surface area contributed by atoms with Crippen LogP contribution in [0.1, 0.15) is 22.8 Å². The SMILES string of the molecule is CCON=Cc1ccc(-c2ccccc2NC(=O)c2cccnc2Cl)cc1. The number of rotatable bonds is 6. The van der Waals surface area contributed by atoms with E-state index in [0.29, 0.717) is 17.9 Å². The summed E-state index contributed by atoms with van der Waals surface area (Å²) in [7, 11) is 0. The number of para-hydroxylation sites is 1. The Bertz CT molecular complexity index is 956. The van der Waals surface area contributed by atoms with Crippen LogP contribution >= 0.6 is 11.6 Å². The molecule has 0 aliphatic heterocycles. The maximum Gasteiger partial charge on any atom is 0.258 e. The van der Waals surface area contributed by atoms with Gasteiger partial charge in [0, 0.05) is 17.4 Å². The number of amides is 1. The van der Waals surface area contributed by atoms with Crippen LogP contribution in [-0.2, 0) is 4.84 Å². The number of aromatic nitrogens is 1. The number of anilines is 1. The molecule has 0 spiro atoms. The number of nitrogens with zero attached hydrogens (tertiary/aromatic N) is 2. The van der Waals surface area contributed by atoms with Crippen molar-refractivity contribution in [1.29, 1.82) is 0 Å². The van der Waals surface area contributed by atoms with Gasteiger partial charge in [0.05, 0.1) is 11.8 Å². The van der Waals surface area contributed by atoms with Crippen LogP contribution in [0.15, 0.2) is 72.0 Å². The van der Waals surface area contributed by atoms with Crippen molar-refractivity contribution in [2.75, 3.05) is 11.9 Å². The lowest BCUT2D eigenvalue weighted by molar-refractivity contribution is 0.102. The van der Waals surface area contributed by atoms with Crippen LogP contribution in [-0.4, -0.2) is 23.7 Å². The molecule has 3 rings (SSSR count). The summed E-state index contributed by atoms with van der Waals surface area (Å²) in [5.74, 6) is -0.305. The Labute approximate surface area is 162 Å². The van der Waals surface area contributed by atoms with E-state index in [-0.39, 0.29) is 11.1 Å². The highest BCUT2D eigenvalue weighted by Crippen LogP contribution is 2.28. The Morgan fingerprint density at radius 3 is 2.67 bits per heavy atom. The van der Waals surface area contributed by atoms with Gasteiger partial charge in [-0.05, 0) is 36.2 Å². The highest BCUT2D eigenvalue weighted by molar-refractivity contribution is 6.33. The molecule has 6 heteroatoms. The van der Waals surface area contributed by atoms with Crippen LogP contribution in [0.25, 0.3) is 11.1 Å². The van der Waals surface area contributed by atoms with Crippen LogP contribution in [0.3, 0.4) is 0 Å². The first-order valence-electron chi connectivity index (χ1n) is 8.45. The fourth-order valence-electron chi connectivity index (χ4n) is 2.51. The molecule has 0 atom stereocenters. The molecule has 1 aromatic heterocycles. The van der Waals surface area contributed by atoms with Gasteiger partial charge in [0.15, 0.2) is 0 Å². The van der Waals surface area contributed by atoms with Crippen molar-refractivity contribution in [3.8, 4) is 11.1 Å². The number of hydrogen-bond donors (Lipinski definition) is 1. The molecule has 0 bridgehead atoms. The molecular weight excluding hydrogens is 362 g/mol. The minimum Gasteiger partial charge on any atom is -0.396 e. The second kappa shape index (κ2) is 8.96. The molecule has 0 unspecified atom stereocenters. The number of carbonyl (C=O) groups excluding carboxylic acids is 1. The Morgan fingerprint density at radius 1 is 1.15 bits per heavy atom. The van der Waals surface area contributed by atoms with E-state index in [9.17, 15) is 4.79 Å². The summed E-state index contributed by atoms with van der Waals surface area (Å²) in [6, 6.07) is 18.7. The van der Waals surface area contributed by atoms with Crippen molar-refractivity contribution in [3.63, 3.8) is 0 Å². The van der Waals surface area contributed by atoms with E-state index >= 15 is 0 Å². The minimum absolute atomic E-state index is 0.172.